The van der Waals surface area contributed by atoms with Crippen molar-refractivity contribution in [2.24, 2.45) is 0 Å². The number of benzene rings is 2. The van der Waals surface area contributed by atoms with Crippen LogP contribution in [0.1, 0.15) is 36.6 Å². The van der Waals surface area contributed by atoms with E-state index in [1.165, 1.54) is 5.56 Å². The van der Waals surface area contributed by atoms with Crippen molar-refractivity contribution >= 4 is 17.5 Å². The molecule has 7 heteroatoms. The van der Waals surface area contributed by atoms with Gasteiger partial charge in [0.2, 0.25) is 17.6 Å². The predicted octanol–water partition coefficient (Wildman–Crippen LogP) is 4.74. The molecule has 1 unspecified atom stereocenters. The number of methoxy groups -OCH3 is 1. The Balaban J connectivity index is 1.25. The number of aryl methyl sites for hydroxylation is 1. The summed E-state index contributed by atoms with van der Waals surface area (Å²) in [4.78, 5) is 19.0. The Morgan fingerprint density at radius 3 is 2.70 bits per heavy atom. The van der Waals surface area contributed by atoms with Gasteiger partial charge < -0.3 is 14.2 Å². The molecule has 6 nitrogen and oxygen atoms in total. The van der Waals surface area contributed by atoms with Crippen LogP contribution in [-0.4, -0.2) is 41.1 Å². The highest BCUT2D eigenvalue weighted by Gasteiger charge is 2.27. The number of carbonyl (C=O) groups is 1. The highest BCUT2D eigenvalue weighted by Crippen LogP contribution is 2.29. The fourth-order valence-electron chi connectivity index (χ4n) is 3.76. The molecular formula is C23H24ClN3O3. The summed E-state index contributed by atoms with van der Waals surface area (Å²) in [5.41, 5.74) is 2.11. The number of halogens is 1. The van der Waals surface area contributed by atoms with E-state index >= 15 is 0 Å². The van der Waals surface area contributed by atoms with Crippen molar-refractivity contribution in [1.82, 2.24) is 15.0 Å². The van der Waals surface area contributed by atoms with Crippen LogP contribution in [0.25, 0.3) is 11.4 Å². The van der Waals surface area contributed by atoms with Crippen molar-refractivity contribution in [3.63, 3.8) is 0 Å². The number of amides is 1. The van der Waals surface area contributed by atoms with Gasteiger partial charge in [-0.1, -0.05) is 28.9 Å². The molecule has 1 aliphatic rings. The van der Waals surface area contributed by atoms with Crippen molar-refractivity contribution in [1.29, 1.82) is 0 Å². The van der Waals surface area contributed by atoms with E-state index in [1.54, 1.807) is 19.2 Å². The lowest BCUT2D eigenvalue weighted by Crippen LogP contribution is -2.28. The predicted molar refractivity (Wildman–Crippen MR) is 115 cm³/mol. The van der Waals surface area contributed by atoms with E-state index in [0.717, 1.165) is 30.8 Å². The summed E-state index contributed by atoms with van der Waals surface area (Å²) in [6, 6.07) is 15.4. The minimum atomic E-state index is 0.184. The van der Waals surface area contributed by atoms with E-state index in [9.17, 15) is 4.79 Å². The fraction of sp³-hybridized carbons (Fsp3) is 0.348. The van der Waals surface area contributed by atoms with Crippen molar-refractivity contribution in [2.75, 3.05) is 20.2 Å². The van der Waals surface area contributed by atoms with Gasteiger partial charge in [-0.2, -0.15) is 4.98 Å². The van der Waals surface area contributed by atoms with Gasteiger partial charge in [0.05, 0.1) is 7.11 Å². The third-order valence-electron chi connectivity index (χ3n) is 5.48. The van der Waals surface area contributed by atoms with Crippen LogP contribution in [0.2, 0.25) is 5.02 Å². The zero-order valence-corrected chi connectivity index (χ0v) is 17.6. The number of rotatable bonds is 7. The number of nitrogens with zero attached hydrogens (tertiary/aromatic N) is 3. The Morgan fingerprint density at radius 2 is 1.97 bits per heavy atom. The molecule has 1 amide bonds. The number of likely N-dealkylation sites (tertiary alicyclic amines) is 1. The molecule has 0 aliphatic carbocycles. The topological polar surface area (TPSA) is 68.5 Å². The zero-order valence-electron chi connectivity index (χ0n) is 16.9. The summed E-state index contributed by atoms with van der Waals surface area (Å²) in [6.07, 6.45) is 2.74. The summed E-state index contributed by atoms with van der Waals surface area (Å²) in [5.74, 6) is 2.51. The van der Waals surface area contributed by atoms with Gasteiger partial charge in [-0.25, -0.2) is 0 Å². The Kier molecular flexibility index (Phi) is 6.33. The second kappa shape index (κ2) is 9.30. The Hall–Kier alpha value is -2.86. The molecule has 1 saturated heterocycles. The molecule has 30 heavy (non-hydrogen) atoms. The fourth-order valence-corrected chi connectivity index (χ4v) is 3.88. The van der Waals surface area contributed by atoms with Crippen molar-refractivity contribution in [2.45, 2.75) is 31.6 Å². The first-order valence-electron chi connectivity index (χ1n) is 10.1. The average Bonchev–Trinajstić information content (AvgIpc) is 3.44. The molecule has 1 aromatic heterocycles. The minimum absolute atomic E-state index is 0.184. The van der Waals surface area contributed by atoms with Crippen molar-refractivity contribution < 1.29 is 14.1 Å². The van der Waals surface area contributed by atoms with Crippen LogP contribution >= 0.6 is 11.6 Å². The summed E-state index contributed by atoms with van der Waals surface area (Å²) in [6.45, 7) is 1.57. The van der Waals surface area contributed by atoms with Crippen LogP contribution in [0, 0.1) is 0 Å². The maximum absolute atomic E-state index is 12.6. The molecule has 156 valence electrons. The summed E-state index contributed by atoms with van der Waals surface area (Å²) in [7, 11) is 1.66. The van der Waals surface area contributed by atoms with Crippen molar-refractivity contribution in [3.8, 4) is 17.1 Å². The van der Waals surface area contributed by atoms with E-state index in [4.69, 9.17) is 20.9 Å². The summed E-state index contributed by atoms with van der Waals surface area (Å²) >= 11 is 5.91. The molecule has 0 N–H and O–H groups in total. The number of hydrogen-bond acceptors (Lipinski definition) is 5. The first-order valence-corrected chi connectivity index (χ1v) is 10.5. The molecule has 3 aromatic rings. The monoisotopic (exact) mass is 425 g/mol. The second-order valence-electron chi connectivity index (χ2n) is 7.47. The van der Waals surface area contributed by atoms with Gasteiger partial charge in [0, 0.05) is 42.4 Å². The van der Waals surface area contributed by atoms with Crippen LogP contribution in [0.3, 0.4) is 0 Å². The Bertz CT molecular complexity index is 986. The highest BCUT2D eigenvalue weighted by molar-refractivity contribution is 6.30. The Morgan fingerprint density at radius 1 is 1.20 bits per heavy atom. The zero-order chi connectivity index (χ0) is 20.9. The van der Waals surface area contributed by atoms with Crippen LogP contribution in [0.4, 0.5) is 0 Å². The molecule has 1 atom stereocenters. The molecule has 2 aromatic carbocycles. The van der Waals surface area contributed by atoms with Gasteiger partial charge in [0.1, 0.15) is 5.75 Å². The van der Waals surface area contributed by atoms with Crippen LogP contribution in [0.15, 0.2) is 53.1 Å². The third-order valence-corrected chi connectivity index (χ3v) is 5.73. The minimum Gasteiger partial charge on any atom is -0.497 e. The lowest BCUT2D eigenvalue weighted by molar-refractivity contribution is -0.130. The second-order valence-corrected chi connectivity index (χ2v) is 7.91. The van der Waals surface area contributed by atoms with Crippen LogP contribution < -0.4 is 4.74 Å². The van der Waals surface area contributed by atoms with Gasteiger partial charge >= 0.3 is 0 Å². The first kappa shape index (κ1) is 20.4. The molecule has 0 spiro atoms. The van der Waals surface area contributed by atoms with E-state index in [1.807, 2.05) is 29.2 Å². The number of hydrogen-bond donors (Lipinski definition) is 0. The smallest absolute Gasteiger partial charge is 0.226 e. The normalized spacial score (nSPS) is 16.1. The average molecular weight is 426 g/mol. The van der Waals surface area contributed by atoms with Gasteiger partial charge in [0.25, 0.3) is 0 Å². The molecule has 0 bridgehead atoms. The Labute approximate surface area is 180 Å². The quantitative estimate of drug-likeness (QED) is 0.547. The maximum atomic E-state index is 12.6. The molecule has 4 rings (SSSR count). The molecule has 1 aliphatic heterocycles. The summed E-state index contributed by atoms with van der Waals surface area (Å²) < 4.78 is 10.5. The third kappa shape index (κ3) is 4.82. The first-order chi connectivity index (χ1) is 14.6. The van der Waals surface area contributed by atoms with E-state index in [0.29, 0.717) is 41.9 Å². The lowest BCUT2D eigenvalue weighted by atomic mass is 9.98. The van der Waals surface area contributed by atoms with E-state index in [-0.39, 0.29) is 5.91 Å². The van der Waals surface area contributed by atoms with Crippen molar-refractivity contribution in [3.05, 3.63) is 65.0 Å². The summed E-state index contributed by atoms with van der Waals surface area (Å²) in [5, 5.41) is 4.68. The van der Waals surface area contributed by atoms with Gasteiger partial charge in [-0.15, -0.1) is 0 Å². The molecule has 0 radical (unpaired) electrons. The highest BCUT2D eigenvalue weighted by atomic mass is 35.5. The van der Waals surface area contributed by atoms with E-state index in [2.05, 4.69) is 22.3 Å². The molecule has 0 saturated carbocycles. The number of aromatic nitrogens is 2. The number of carbonyl (C=O) groups excluding carboxylic acids is 1. The van der Waals surface area contributed by atoms with E-state index < -0.39 is 0 Å². The number of ether oxygens (including phenoxy) is 1. The lowest BCUT2D eigenvalue weighted by Gasteiger charge is -2.16. The molecular weight excluding hydrogens is 402 g/mol. The standard InChI is InChI=1S/C23H24ClN3O3/c1-29-20-11-7-16(8-12-20)18-13-14-27(15-18)22(28)4-2-3-21-25-23(26-30-21)17-5-9-19(24)10-6-17/h5-12,18H,2-4,13-15H2,1H3. The van der Waals surface area contributed by atoms with Gasteiger partial charge in [-0.3, -0.25) is 4.79 Å². The van der Waals surface area contributed by atoms with Crippen LogP contribution in [-0.2, 0) is 11.2 Å². The van der Waals surface area contributed by atoms with Gasteiger partial charge in [0.15, 0.2) is 0 Å². The maximum Gasteiger partial charge on any atom is 0.226 e. The molecule has 1 fully saturated rings. The van der Waals surface area contributed by atoms with Crippen LogP contribution in [0.5, 0.6) is 5.75 Å². The largest absolute Gasteiger partial charge is 0.497 e. The van der Waals surface area contributed by atoms with Gasteiger partial charge in [-0.05, 0) is 54.8 Å². The molecule has 2 heterocycles. The SMILES string of the molecule is COc1ccc(C2CCN(C(=O)CCCc3nc(-c4ccc(Cl)cc4)no3)C2)cc1.